The topological polar surface area (TPSA) is 96.3 Å². The van der Waals surface area contributed by atoms with Gasteiger partial charge in [0.15, 0.2) is 0 Å². The van der Waals surface area contributed by atoms with Gasteiger partial charge in [0, 0.05) is 6.20 Å². The number of amides is 2. The molecule has 0 bridgehead atoms. The fraction of sp³-hybridized carbons (Fsp3) is 0.643. The van der Waals surface area contributed by atoms with Crippen LogP contribution in [-0.4, -0.2) is 32.9 Å². The summed E-state index contributed by atoms with van der Waals surface area (Å²) in [7, 11) is 0. The van der Waals surface area contributed by atoms with Crippen LogP contribution in [0.25, 0.3) is 0 Å². The molecule has 1 fully saturated rings. The number of aromatic nitrogens is 2. The van der Waals surface area contributed by atoms with Gasteiger partial charge in [0.2, 0.25) is 0 Å². The lowest BCUT2D eigenvalue weighted by atomic mass is 9.96. The van der Waals surface area contributed by atoms with E-state index in [1.54, 1.807) is 0 Å². The van der Waals surface area contributed by atoms with Gasteiger partial charge in [-0.3, -0.25) is 9.48 Å². The van der Waals surface area contributed by atoms with E-state index in [9.17, 15) is 9.59 Å². The summed E-state index contributed by atoms with van der Waals surface area (Å²) in [5, 5.41) is 18.1. The normalized spacial score (nSPS) is 17.2. The monoisotopic (exact) mass is 294 g/mol. The number of carboxylic acid groups (broad SMARTS) is 1. The van der Waals surface area contributed by atoms with Gasteiger partial charge in [-0.05, 0) is 25.8 Å². The smallest absolute Gasteiger partial charge is 0.325 e. The number of hydrogen-bond acceptors (Lipinski definition) is 3. The van der Waals surface area contributed by atoms with Crippen molar-refractivity contribution in [2.75, 3.05) is 0 Å². The van der Waals surface area contributed by atoms with E-state index < -0.39 is 18.0 Å². The van der Waals surface area contributed by atoms with Crippen molar-refractivity contribution in [2.24, 2.45) is 0 Å². The Morgan fingerprint density at radius 3 is 2.81 bits per heavy atom. The lowest BCUT2D eigenvalue weighted by Crippen LogP contribution is -2.44. The minimum absolute atomic E-state index is 0.290. The summed E-state index contributed by atoms with van der Waals surface area (Å²) in [6.45, 7) is 1.71. The maximum absolute atomic E-state index is 11.5. The largest absolute Gasteiger partial charge is 0.480 e. The Balaban J connectivity index is 1.79. The molecule has 1 aliphatic carbocycles. The Labute approximate surface area is 123 Å². The Bertz CT molecular complexity index is 494. The Kier molecular flexibility index (Phi) is 5.19. The molecule has 3 N–H and O–H groups in total. The zero-order valence-electron chi connectivity index (χ0n) is 12.2. The van der Waals surface area contributed by atoms with Crippen LogP contribution in [0.15, 0.2) is 12.3 Å². The highest BCUT2D eigenvalue weighted by molar-refractivity contribution is 5.82. The molecule has 1 aliphatic rings. The maximum Gasteiger partial charge on any atom is 0.325 e. The first kappa shape index (κ1) is 15.3. The first-order valence-electron chi connectivity index (χ1n) is 7.37. The second-order valence-electron chi connectivity index (χ2n) is 5.47. The maximum atomic E-state index is 11.5. The molecule has 2 rings (SSSR count). The molecule has 1 atom stereocenters. The van der Waals surface area contributed by atoms with Gasteiger partial charge in [0.25, 0.3) is 0 Å². The zero-order valence-corrected chi connectivity index (χ0v) is 12.2. The van der Waals surface area contributed by atoms with Crippen LogP contribution in [0.4, 0.5) is 4.79 Å². The fourth-order valence-electron chi connectivity index (χ4n) is 2.50. The van der Waals surface area contributed by atoms with E-state index >= 15 is 0 Å². The highest BCUT2D eigenvalue weighted by Crippen LogP contribution is 2.27. The summed E-state index contributed by atoms with van der Waals surface area (Å²) in [4.78, 5) is 22.1. The van der Waals surface area contributed by atoms with E-state index in [2.05, 4.69) is 15.7 Å². The number of hydrogen-bond donors (Lipinski definition) is 3. The summed E-state index contributed by atoms with van der Waals surface area (Å²) in [6, 6.07) is 0.936. The third-order valence-electron chi connectivity index (χ3n) is 3.76. The minimum atomic E-state index is -1.06. The van der Waals surface area contributed by atoms with Crippen molar-refractivity contribution in [1.29, 1.82) is 0 Å². The predicted molar refractivity (Wildman–Crippen MR) is 76.8 cm³/mol. The van der Waals surface area contributed by atoms with Gasteiger partial charge in [-0.15, -0.1) is 0 Å². The Morgan fingerprint density at radius 2 is 2.14 bits per heavy atom. The van der Waals surface area contributed by atoms with Gasteiger partial charge in [-0.1, -0.05) is 19.3 Å². The third kappa shape index (κ3) is 4.47. The molecular weight excluding hydrogens is 272 g/mol. The lowest BCUT2D eigenvalue weighted by molar-refractivity contribution is -0.138. The van der Waals surface area contributed by atoms with E-state index in [1.165, 1.54) is 26.2 Å². The molecule has 1 unspecified atom stereocenters. The molecular formula is C14H22N4O3. The molecule has 0 aromatic carbocycles. The molecule has 0 aliphatic heterocycles. The van der Waals surface area contributed by atoms with E-state index in [4.69, 9.17) is 5.11 Å². The Hall–Kier alpha value is -2.05. The zero-order chi connectivity index (χ0) is 15.2. The molecule has 1 aromatic heterocycles. The van der Waals surface area contributed by atoms with Crippen molar-refractivity contribution in [2.45, 2.75) is 57.7 Å². The third-order valence-corrected chi connectivity index (χ3v) is 3.76. The number of carboxylic acids is 1. The van der Waals surface area contributed by atoms with Gasteiger partial charge in [-0.25, -0.2) is 4.79 Å². The Morgan fingerprint density at radius 1 is 1.43 bits per heavy atom. The van der Waals surface area contributed by atoms with Crippen LogP contribution in [0.2, 0.25) is 0 Å². The van der Waals surface area contributed by atoms with Gasteiger partial charge in [0.05, 0.1) is 18.3 Å². The van der Waals surface area contributed by atoms with Gasteiger partial charge in [0.1, 0.15) is 6.04 Å². The number of urea groups is 1. The summed E-state index contributed by atoms with van der Waals surface area (Å²) >= 11 is 0. The van der Waals surface area contributed by atoms with Crippen molar-refractivity contribution >= 4 is 12.0 Å². The molecule has 7 nitrogen and oxygen atoms in total. The average molecular weight is 294 g/mol. The van der Waals surface area contributed by atoms with Crippen LogP contribution in [0.1, 0.15) is 50.8 Å². The van der Waals surface area contributed by atoms with E-state index in [-0.39, 0.29) is 6.54 Å². The van der Waals surface area contributed by atoms with Crippen LogP contribution in [0.5, 0.6) is 0 Å². The van der Waals surface area contributed by atoms with Gasteiger partial charge < -0.3 is 15.7 Å². The van der Waals surface area contributed by atoms with Gasteiger partial charge in [-0.2, -0.15) is 5.10 Å². The fourth-order valence-corrected chi connectivity index (χ4v) is 2.50. The molecule has 21 heavy (non-hydrogen) atoms. The quantitative estimate of drug-likeness (QED) is 0.769. The molecule has 1 saturated carbocycles. The lowest BCUT2D eigenvalue weighted by Gasteiger charge is -2.21. The van der Waals surface area contributed by atoms with E-state index in [1.807, 2.05) is 16.9 Å². The first-order chi connectivity index (χ1) is 10.1. The van der Waals surface area contributed by atoms with Crippen molar-refractivity contribution in [3.8, 4) is 0 Å². The number of carbonyl (C=O) groups is 2. The average Bonchev–Trinajstić information content (AvgIpc) is 2.95. The molecule has 7 heteroatoms. The van der Waals surface area contributed by atoms with Gasteiger partial charge >= 0.3 is 12.0 Å². The molecule has 1 aromatic rings. The second-order valence-corrected chi connectivity index (χ2v) is 5.47. The number of nitrogens with one attached hydrogen (secondary N) is 2. The summed E-state index contributed by atoms with van der Waals surface area (Å²) in [5.41, 5.74) is 0.777. The molecule has 1 heterocycles. The molecule has 2 amide bonds. The summed E-state index contributed by atoms with van der Waals surface area (Å²) < 4.78 is 1.98. The SMILES string of the molecule is CC(NC(=O)NCc1ccn(C2CCCCC2)n1)C(=O)O. The highest BCUT2D eigenvalue weighted by atomic mass is 16.4. The molecule has 0 radical (unpaired) electrons. The predicted octanol–water partition coefficient (Wildman–Crippen LogP) is 1.66. The van der Waals surface area contributed by atoms with Crippen LogP contribution in [0.3, 0.4) is 0 Å². The van der Waals surface area contributed by atoms with Crippen LogP contribution in [-0.2, 0) is 11.3 Å². The van der Waals surface area contributed by atoms with Crippen LogP contribution in [0, 0.1) is 0 Å². The van der Waals surface area contributed by atoms with E-state index in [0.717, 1.165) is 18.5 Å². The number of nitrogens with zero attached hydrogens (tertiary/aromatic N) is 2. The number of carbonyl (C=O) groups excluding carboxylic acids is 1. The molecule has 0 saturated heterocycles. The summed E-state index contributed by atoms with van der Waals surface area (Å²) in [6.07, 6.45) is 8.05. The number of aliphatic carboxylic acids is 1. The van der Waals surface area contributed by atoms with Crippen molar-refractivity contribution in [1.82, 2.24) is 20.4 Å². The van der Waals surface area contributed by atoms with Crippen molar-refractivity contribution < 1.29 is 14.7 Å². The molecule has 0 spiro atoms. The van der Waals surface area contributed by atoms with Crippen molar-refractivity contribution in [3.05, 3.63) is 18.0 Å². The minimum Gasteiger partial charge on any atom is -0.480 e. The second kappa shape index (κ2) is 7.10. The molecule has 116 valence electrons. The van der Waals surface area contributed by atoms with Crippen molar-refractivity contribution in [3.63, 3.8) is 0 Å². The van der Waals surface area contributed by atoms with Crippen LogP contribution < -0.4 is 10.6 Å². The highest BCUT2D eigenvalue weighted by Gasteiger charge is 2.16. The number of rotatable bonds is 5. The standard InChI is InChI=1S/C14H22N4O3/c1-10(13(19)20)16-14(21)15-9-11-7-8-18(17-11)12-5-3-2-4-6-12/h7-8,10,12H,2-6,9H2,1H3,(H,19,20)(H2,15,16,21). The summed E-state index contributed by atoms with van der Waals surface area (Å²) in [5.74, 6) is -1.06. The van der Waals surface area contributed by atoms with E-state index in [0.29, 0.717) is 6.04 Å². The first-order valence-corrected chi connectivity index (χ1v) is 7.37. The van der Waals surface area contributed by atoms with Crippen LogP contribution >= 0.6 is 0 Å².